The number of aliphatic hydroxyl groups is 1. The first kappa shape index (κ1) is 26.4. The van der Waals surface area contributed by atoms with Crippen molar-refractivity contribution in [3.63, 3.8) is 0 Å². The number of aromatic amines is 1. The van der Waals surface area contributed by atoms with Crippen LogP contribution in [0.1, 0.15) is 90.0 Å². The Bertz CT molecular complexity index is 1730. The number of nitrogens with two attached hydrogens (primary N) is 1. The number of hydrogen-bond acceptors (Lipinski definition) is 8. The van der Waals surface area contributed by atoms with Crippen LogP contribution in [0.3, 0.4) is 0 Å². The molecule has 0 saturated carbocycles. The standard InChI is InChI=1S/C29H29F2N9O2/c1-14(41)24-25(16-8-18-4-5-19(9-16)39(18)29(42)27-34-13-35-38-27)37-28-21(12-36-40(28)26(24)32)15-2-7-23(33-11-15)20-6-3-17(30)10-22(20)31/h3,6-7,10-16,18-19,41H,2,4-5,8-9,32H2,1H3,(H,34,35,38)/t14?,15?,16?,18-,19?/m1/s1. The van der Waals surface area contributed by atoms with Crippen LogP contribution in [0, 0.1) is 11.6 Å². The van der Waals surface area contributed by atoms with Gasteiger partial charge in [0, 0.05) is 52.9 Å². The number of hydrogen-bond donors (Lipinski definition) is 3. The molecule has 0 aliphatic carbocycles. The van der Waals surface area contributed by atoms with Gasteiger partial charge in [0.15, 0.2) is 5.65 Å². The highest BCUT2D eigenvalue weighted by molar-refractivity contribution is 5.91. The van der Waals surface area contributed by atoms with Crippen molar-refractivity contribution in [3.05, 3.63) is 76.6 Å². The quantitative estimate of drug-likeness (QED) is 0.328. The Morgan fingerprint density at radius 1 is 1.21 bits per heavy atom. The molecule has 5 atom stereocenters. The van der Waals surface area contributed by atoms with E-state index in [0.29, 0.717) is 42.0 Å². The van der Waals surface area contributed by atoms with Crippen LogP contribution in [0.5, 0.6) is 0 Å². The maximum atomic E-state index is 14.3. The summed E-state index contributed by atoms with van der Waals surface area (Å²) in [7, 11) is 0. The number of H-pyrrole nitrogens is 1. The Morgan fingerprint density at radius 2 is 2.00 bits per heavy atom. The Kier molecular flexibility index (Phi) is 6.34. The minimum atomic E-state index is -0.872. The number of nitrogens with zero attached hydrogens (tertiary/aromatic N) is 7. The number of aliphatic hydroxyl groups excluding tert-OH is 1. The summed E-state index contributed by atoms with van der Waals surface area (Å²) in [6, 6.07) is 3.46. The molecular formula is C29H29F2N9O2. The van der Waals surface area contributed by atoms with Gasteiger partial charge in [-0.15, -0.1) is 0 Å². The molecule has 4 aromatic rings. The molecule has 2 fully saturated rings. The molecule has 3 aromatic heterocycles. The average Bonchev–Trinajstić information content (AvgIpc) is 3.71. The fourth-order valence-corrected chi connectivity index (χ4v) is 6.83. The Balaban J connectivity index is 1.21. The summed E-state index contributed by atoms with van der Waals surface area (Å²) in [6.07, 6.45) is 9.33. The molecule has 7 rings (SSSR count). The van der Waals surface area contributed by atoms with E-state index < -0.39 is 17.7 Å². The molecule has 1 aromatic carbocycles. The lowest BCUT2D eigenvalue weighted by Crippen LogP contribution is -2.46. The molecule has 6 heterocycles. The molecule has 0 radical (unpaired) electrons. The predicted octanol–water partition coefficient (Wildman–Crippen LogP) is 3.91. The van der Waals surface area contributed by atoms with Crippen LogP contribution in [0.4, 0.5) is 14.6 Å². The summed E-state index contributed by atoms with van der Waals surface area (Å²) >= 11 is 0. The van der Waals surface area contributed by atoms with Crippen LogP contribution in [-0.4, -0.2) is 64.0 Å². The van der Waals surface area contributed by atoms with Crippen molar-refractivity contribution in [3.8, 4) is 0 Å². The number of rotatable bonds is 5. The van der Waals surface area contributed by atoms with Gasteiger partial charge in [-0.2, -0.15) is 14.7 Å². The zero-order chi connectivity index (χ0) is 29.1. The summed E-state index contributed by atoms with van der Waals surface area (Å²) in [5, 5.41) is 21.8. The highest BCUT2D eigenvalue weighted by Crippen LogP contribution is 2.46. The second-order valence-electron chi connectivity index (χ2n) is 11.2. The predicted molar refractivity (Wildman–Crippen MR) is 150 cm³/mol. The van der Waals surface area contributed by atoms with E-state index in [9.17, 15) is 18.7 Å². The molecular weight excluding hydrogens is 544 g/mol. The fraction of sp³-hybridized carbons (Fsp3) is 0.379. The van der Waals surface area contributed by atoms with Gasteiger partial charge in [0.05, 0.1) is 23.7 Å². The largest absolute Gasteiger partial charge is 0.388 e. The smallest absolute Gasteiger partial charge is 0.291 e. The second kappa shape index (κ2) is 10.1. The number of anilines is 1. The van der Waals surface area contributed by atoms with E-state index in [0.717, 1.165) is 30.2 Å². The van der Waals surface area contributed by atoms with Crippen molar-refractivity contribution in [1.82, 2.24) is 34.7 Å². The van der Waals surface area contributed by atoms with Crippen molar-refractivity contribution in [1.29, 1.82) is 0 Å². The molecule has 1 amide bonds. The average molecular weight is 574 g/mol. The number of halogens is 2. The first-order valence-electron chi connectivity index (χ1n) is 14.0. The number of fused-ring (bicyclic) bond motifs is 3. The zero-order valence-corrected chi connectivity index (χ0v) is 22.8. The number of piperidine rings is 1. The Labute approximate surface area is 239 Å². The van der Waals surface area contributed by atoms with Gasteiger partial charge < -0.3 is 15.7 Å². The number of amides is 1. The molecule has 13 heteroatoms. The fourth-order valence-electron chi connectivity index (χ4n) is 6.83. The van der Waals surface area contributed by atoms with Crippen molar-refractivity contribution in [2.45, 2.75) is 69.1 Å². The van der Waals surface area contributed by atoms with Crippen LogP contribution in [0.15, 0.2) is 41.8 Å². The van der Waals surface area contributed by atoms with Gasteiger partial charge in [0.2, 0.25) is 5.82 Å². The second-order valence-corrected chi connectivity index (χ2v) is 11.2. The number of aromatic nitrogens is 6. The van der Waals surface area contributed by atoms with Crippen molar-refractivity contribution in [2.75, 3.05) is 5.73 Å². The molecule has 4 unspecified atom stereocenters. The summed E-state index contributed by atoms with van der Waals surface area (Å²) in [4.78, 5) is 28.7. The molecule has 4 N–H and O–H groups in total. The van der Waals surface area contributed by atoms with E-state index in [-0.39, 0.29) is 41.2 Å². The van der Waals surface area contributed by atoms with Gasteiger partial charge in [-0.25, -0.2) is 18.7 Å². The minimum Gasteiger partial charge on any atom is -0.388 e. The van der Waals surface area contributed by atoms with Crippen LogP contribution in [-0.2, 0) is 0 Å². The number of carbonyl (C=O) groups is 1. The van der Waals surface area contributed by atoms with Gasteiger partial charge in [0.25, 0.3) is 5.91 Å². The molecule has 0 spiro atoms. The minimum absolute atomic E-state index is 0.0118. The normalized spacial score (nSPS) is 24.3. The van der Waals surface area contributed by atoms with Crippen molar-refractivity contribution < 1.29 is 18.7 Å². The van der Waals surface area contributed by atoms with E-state index in [1.807, 2.05) is 11.0 Å². The van der Waals surface area contributed by atoms with Crippen LogP contribution >= 0.6 is 0 Å². The van der Waals surface area contributed by atoms with Crippen molar-refractivity contribution in [2.24, 2.45) is 4.99 Å². The van der Waals surface area contributed by atoms with Crippen LogP contribution < -0.4 is 5.73 Å². The highest BCUT2D eigenvalue weighted by atomic mass is 19.1. The SMILES string of the molecule is CC(O)c1c(C2CC3CC[C@H](C2)N3C(=O)c2ncn[nH]2)nc2c(C3C=NC(c4ccc(F)cc4F)=CC3)cnn2c1N. The van der Waals surface area contributed by atoms with E-state index in [2.05, 4.69) is 25.3 Å². The van der Waals surface area contributed by atoms with Crippen LogP contribution in [0.2, 0.25) is 0 Å². The lowest BCUT2D eigenvalue weighted by molar-refractivity contribution is 0.0555. The van der Waals surface area contributed by atoms with Gasteiger partial charge >= 0.3 is 0 Å². The lowest BCUT2D eigenvalue weighted by atomic mass is 9.85. The number of aliphatic imine (C=N–C) groups is 1. The van der Waals surface area contributed by atoms with Gasteiger partial charge in [-0.1, -0.05) is 6.08 Å². The lowest BCUT2D eigenvalue weighted by Gasteiger charge is -2.39. The Hall–Kier alpha value is -4.52. The third kappa shape index (κ3) is 4.26. The van der Waals surface area contributed by atoms with E-state index in [1.165, 1.54) is 18.5 Å². The molecule has 216 valence electrons. The van der Waals surface area contributed by atoms with Gasteiger partial charge in [-0.05, 0) is 51.2 Å². The summed E-state index contributed by atoms with van der Waals surface area (Å²) in [5.41, 5.74) is 9.93. The Morgan fingerprint density at radius 3 is 2.64 bits per heavy atom. The zero-order valence-electron chi connectivity index (χ0n) is 22.8. The molecule has 3 aliphatic rings. The number of carbonyl (C=O) groups excluding carboxylic acids is 1. The third-order valence-corrected chi connectivity index (χ3v) is 8.73. The molecule has 2 bridgehead atoms. The van der Waals surface area contributed by atoms with Gasteiger partial charge in [0.1, 0.15) is 23.8 Å². The first-order valence-corrected chi connectivity index (χ1v) is 14.0. The number of nitrogens with one attached hydrogen (secondary N) is 1. The third-order valence-electron chi connectivity index (χ3n) is 8.73. The maximum absolute atomic E-state index is 14.3. The van der Waals surface area contributed by atoms with E-state index in [1.54, 1.807) is 23.9 Å². The summed E-state index contributed by atoms with van der Waals surface area (Å²) in [5.74, 6) is -1.12. The summed E-state index contributed by atoms with van der Waals surface area (Å²) in [6.45, 7) is 1.67. The molecule has 3 aliphatic heterocycles. The van der Waals surface area contributed by atoms with E-state index in [4.69, 9.17) is 10.7 Å². The first-order chi connectivity index (χ1) is 20.3. The maximum Gasteiger partial charge on any atom is 0.291 e. The molecule has 2 saturated heterocycles. The van der Waals surface area contributed by atoms with Crippen molar-refractivity contribution >= 4 is 29.3 Å². The number of nitrogen functional groups attached to an aromatic ring is 1. The van der Waals surface area contributed by atoms with Crippen LogP contribution in [0.25, 0.3) is 11.3 Å². The number of allylic oxidation sites excluding steroid dienone is 1. The monoisotopic (exact) mass is 573 g/mol. The summed E-state index contributed by atoms with van der Waals surface area (Å²) < 4.78 is 29.3. The topological polar surface area (TPSA) is 151 Å². The van der Waals surface area contributed by atoms with Gasteiger partial charge in [-0.3, -0.25) is 14.9 Å². The number of benzene rings is 1. The highest BCUT2D eigenvalue weighted by Gasteiger charge is 2.45. The molecule has 42 heavy (non-hydrogen) atoms. The van der Waals surface area contributed by atoms with E-state index >= 15 is 0 Å². The molecule has 11 nitrogen and oxygen atoms in total.